The Labute approximate surface area is 145 Å². The Morgan fingerprint density at radius 1 is 1.25 bits per heavy atom. The van der Waals surface area contributed by atoms with Crippen molar-refractivity contribution in [3.8, 4) is 0 Å². The highest BCUT2D eigenvalue weighted by molar-refractivity contribution is 5.92. The van der Waals surface area contributed by atoms with Crippen LogP contribution < -0.4 is 10.2 Å². The number of carbonyl (C=O) groups excluding carboxylic acids is 1. The summed E-state index contributed by atoms with van der Waals surface area (Å²) >= 11 is 0. The zero-order valence-electron chi connectivity index (χ0n) is 15.5. The first-order valence-corrected chi connectivity index (χ1v) is 9.04. The van der Waals surface area contributed by atoms with Gasteiger partial charge in [-0.3, -0.25) is 4.79 Å². The fourth-order valence-corrected chi connectivity index (χ4v) is 2.79. The summed E-state index contributed by atoms with van der Waals surface area (Å²) in [5, 5.41) is 2.98. The molecule has 1 aliphatic rings. The second-order valence-electron chi connectivity index (χ2n) is 7.09. The van der Waals surface area contributed by atoms with Crippen molar-refractivity contribution in [3.05, 3.63) is 17.5 Å². The zero-order chi connectivity index (χ0) is 17.5. The topological polar surface area (TPSA) is 61.4 Å². The Morgan fingerprint density at radius 3 is 2.58 bits per heavy atom. The second kappa shape index (κ2) is 8.97. The molecule has 0 atom stereocenters. The Morgan fingerprint density at radius 2 is 1.96 bits per heavy atom. The minimum Gasteiger partial charge on any atom is -0.351 e. The number of nitrogens with zero attached hydrogens (tertiary/aromatic N) is 4. The first-order chi connectivity index (χ1) is 11.5. The van der Waals surface area contributed by atoms with E-state index in [-0.39, 0.29) is 11.8 Å². The molecular weight excluding hydrogens is 302 g/mol. The molecule has 1 aliphatic heterocycles. The van der Waals surface area contributed by atoms with Crippen molar-refractivity contribution >= 4 is 11.9 Å². The van der Waals surface area contributed by atoms with Gasteiger partial charge in [0.25, 0.3) is 5.91 Å². The summed E-state index contributed by atoms with van der Waals surface area (Å²) in [5.41, 5.74) is 1.42. The average molecular weight is 333 g/mol. The van der Waals surface area contributed by atoms with Crippen LogP contribution in [0.3, 0.4) is 0 Å². The molecule has 1 aromatic rings. The summed E-state index contributed by atoms with van der Waals surface area (Å²) in [6.07, 6.45) is 4.53. The van der Waals surface area contributed by atoms with Gasteiger partial charge in [-0.05, 0) is 58.3 Å². The SMILES string of the molecule is CC(C)c1cc(C(=O)NCCCN(C)C)nc(N2CCCCC2)n1. The van der Waals surface area contributed by atoms with Gasteiger partial charge in [0.15, 0.2) is 0 Å². The van der Waals surface area contributed by atoms with Gasteiger partial charge >= 0.3 is 0 Å². The number of rotatable bonds is 7. The van der Waals surface area contributed by atoms with Crippen LogP contribution in [-0.2, 0) is 0 Å². The van der Waals surface area contributed by atoms with Gasteiger partial charge < -0.3 is 15.1 Å². The maximum absolute atomic E-state index is 12.5. The van der Waals surface area contributed by atoms with Crippen molar-refractivity contribution in [2.45, 2.75) is 45.4 Å². The molecule has 134 valence electrons. The highest BCUT2D eigenvalue weighted by Gasteiger charge is 2.18. The quantitative estimate of drug-likeness (QED) is 0.776. The van der Waals surface area contributed by atoms with E-state index >= 15 is 0 Å². The number of carbonyl (C=O) groups is 1. The first kappa shape index (κ1) is 18.6. The normalized spacial score (nSPS) is 15.2. The molecule has 1 aromatic heterocycles. The molecule has 24 heavy (non-hydrogen) atoms. The molecule has 0 aromatic carbocycles. The van der Waals surface area contributed by atoms with E-state index in [9.17, 15) is 4.79 Å². The third kappa shape index (κ3) is 5.44. The van der Waals surface area contributed by atoms with Crippen LogP contribution in [0.5, 0.6) is 0 Å². The van der Waals surface area contributed by atoms with E-state index in [0.717, 1.165) is 31.7 Å². The lowest BCUT2D eigenvalue weighted by molar-refractivity contribution is 0.0947. The average Bonchev–Trinajstić information content (AvgIpc) is 2.58. The third-order valence-corrected chi connectivity index (χ3v) is 4.26. The molecule has 6 nitrogen and oxygen atoms in total. The fourth-order valence-electron chi connectivity index (χ4n) is 2.79. The lowest BCUT2D eigenvalue weighted by atomic mass is 10.1. The molecule has 1 amide bonds. The predicted octanol–water partition coefficient (Wildman–Crippen LogP) is 2.27. The Kier molecular flexibility index (Phi) is 6.97. The van der Waals surface area contributed by atoms with E-state index in [1.807, 2.05) is 20.2 Å². The van der Waals surface area contributed by atoms with Crippen molar-refractivity contribution in [1.82, 2.24) is 20.2 Å². The number of hydrogen-bond acceptors (Lipinski definition) is 5. The number of anilines is 1. The van der Waals surface area contributed by atoms with E-state index in [1.165, 1.54) is 19.3 Å². The Bertz CT molecular complexity index is 538. The summed E-state index contributed by atoms with van der Waals surface area (Å²) < 4.78 is 0. The van der Waals surface area contributed by atoms with E-state index in [4.69, 9.17) is 0 Å². The molecule has 0 bridgehead atoms. The van der Waals surface area contributed by atoms with Crippen LogP contribution in [0.2, 0.25) is 0 Å². The van der Waals surface area contributed by atoms with Gasteiger partial charge in [-0.1, -0.05) is 13.8 Å². The number of nitrogens with one attached hydrogen (secondary N) is 1. The van der Waals surface area contributed by atoms with E-state index in [1.54, 1.807) is 0 Å². The molecule has 0 saturated carbocycles. The van der Waals surface area contributed by atoms with Crippen molar-refractivity contribution in [2.75, 3.05) is 45.2 Å². The summed E-state index contributed by atoms with van der Waals surface area (Å²) in [4.78, 5) is 26.0. The van der Waals surface area contributed by atoms with Crippen LogP contribution in [0.4, 0.5) is 5.95 Å². The van der Waals surface area contributed by atoms with Gasteiger partial charge in [-0.2, -0.15) is 0 Å². The number of hydrogen-bond donors (Lipinski definition) is 1. The minimum absolute atomic E-state index is 0.101. The van der Waals surface area contributed by atoms with Gasteiger partial charge in [-0.25, -0.2) is 9.97 Å². The fraction of sp³-hybridized carbons (Fsp3) is 0.722. The minimum atomic E-state index is -0.101. The van der Waals surface area contributed by atoms with Crippen molar-refractivity contribution in [1.29, 1.82) is 0 Å². The molecular formula is C18H31N5O. The lowest BCUT2D eigenvalue weighted by Gasteiger charge is -2.27. The number of aromatic nitrogens is 2. The van der Waals surface area contributed by atoms with Crippen LogP contribution in [0.25, 0.3) is 0 Å². The molecule has 1 N–H and O–H groups in total. The first-order valence-electron chi connectivity index (χ1n) is 9.04. The highest BCUT2D eigenvalue weighted by Crippen LogP contribution is 2.20. The maximum Gasteiger partial charge on any atom is 0.270 e. The standard InChI is InChI=1S/C18H31N5O/c1-14(2)15-13-16(17(24)19-9-8-10-22(3)4)21-18(20-15)23-11-6-5-7-12-23/h13-14H,5-12H2,1-4H3,(H,19,24). The molecule has 0 radical (unpaired) electrons. The van der Waals surface area contributed by atoms with Crippen LogP contribution >= 0.6 is 0 Å². The van der Waals surface area contributed by atoms with Gasteiger partial charge in [-0.15, -0.1) is 0 Å². The highest BCUT2D eigenvalue weighted by atomic mass is 16.1. The molecule has 0 unspecified atom stereocenters. The van der Waals surface area contributed by atoms with Gasteiger partial charge in [0.2, 0.25) is 5.95 Å². The molecule has 0 spiro atoms. The van der Waals surface area contributed by atoms with Crippen LogP contribution in [-0.4, -0.2) is 61.0 Å². The van der Waals surface area contributed by atoms with Crippen molar-refractivity contribution < 1.29 is 4.79 Å². The molecule has 1 fully saturated rings. The summed E-state index contributed by atoms with van der Waals surface area (Å²) in [6.45, 7) is 7.77. The molecule has 0 aliphatic carbocycles. The summed E-state index contributed by atoms with van der Waals surface area (Å²) in [7, 11) is 4.07. The Balaban J connectivity index is 2.09. The van der Waals surface area contributed by atoms with E-state index in [0.29, 0.717) is 18.2 Å². The van der Waals surface area contributed by atoms with Gasteiger partial charge in [0, 0.05) is 25.3 Å². The van der Waals surface area contributed by atoms with Crippen molar-refractivity contribution in [2.24, 2.45) is 0 Å². The summed E-state index contributed by atoms with van der Waals surface area (Å²) in [6, 6.07) is 1.83. The number of piperidine rings is 1. The molecule has 6 heteroatoms. The monoisotopic (exact) mass is 333 g/mol. The van der Waals surface area contributed by atoms with Gasteiger partial charge in [0.1, 0.15) is 5.69 Å². The largest absolute Gasteiger partial charge is 0.351 e. The smallest absolute Gasteiger partial charge is 0.270 e. The van der Waals surface area contributed by atoms with E-state index < -0.39 is 0 Å². The van der Waals surface area contributed by atoms with Crippen molar-refractivity contribution in [3.63, 3.8) is 0 Å². The molecule has 2 heterocycles. The molecule has 1 saturated heterocycles. The van der Waals surface area contributed by atoms with Crippen LogP contribution in [0.15, 0.2) is 6.07 Å². The molecule has 2 rings (SSSR count). The summed E-state index contributed by atoms with van der Waals surface area (Å²) in [5.74, 6) is 0.882. The van der Waals surface area contributed by atoms with Crippen LogP contribution in [0.1, 0.15) is 61.6 Å². The predicted molar refractivity (Wildman–Crippen MR) is 97.7 cm³/mol. The third-order valence-electron chi connectivity index (χ3n) is 4.26. The Hall–Kier alpha value is -1.69. The van der Waals surface area contributed by atoms with E-state index in [2.05, 4.69) is 38.9 Å². The number of amides is 1. The second-order valence-corrected chi connectivity index (χ2v) is 7.09. The zero-order valence-corrected chi connectivity index (χ0v) is 15.5. The van der Waals surface area contributed by atoms with Gasteiger partial charge in [0.05, 0.1) is 0 Å². The lowest BCUT2D eigenvalue weighted by Crippen LogP contribution is -2.33. The maximum atomic E-state index is 12.5. The van der Waals surface area contributed by atoms with Crippen LogP contribution in [0, 0.1) is 0 Å².